The van der Waals surface area contributed by atoms with Crippen molar-refractivity contribution in [1.82, 2.24) is 10.2 Å². The molecule has 1 rings (SSSR count). The highest BCUT2D eigenvalue weighted by molar-refractivity contribution is 5.78. The quantitative estimate of drug-likeness (QED) is 0.416. The van der Waals surface area contributed by atoms with Crippen molar-refractivity contribution in [3.05, 3.63) is 10.4 Å². The number of carbonyl (C=O) groups is 1. The van der Waals surface area contributed by atoms with Gasteiger partial charge in [0.1, 0.15) is 0 Å². The monoisotopic (exact) mass is 211 g/mol. The Labute approximate surface area is 89.3 Å². The average molecular weight is 211 g/mol. The van der Waals surface area contributed by atoms with E-state index in [9.17, 15) is 4.79 Å². The van der Waals surface area contributed by atoms with Gasteiger partial charge in [-0.25, -0.2) is 0 Å². The minimum atomic E-state index is 0.0451. The summed E-state index contributed by atoms with van der Waals surface area (Å²) >= 11 is 0. The van der Waals surface area contributed by atoms with Gasteiger partial charge in [-0.1, -0.05) is 12.0 Å². The molecule has 0 unspecified atom stereocenters. The minimum Gasteiger partial charge on any atom is -0.353 e. The van der Waals surface area contributed by atoms with Gasteiger partial charge in [-0.15, -0.1) is 0 Å². The highest BCUT2D eigenvalue weighted by Crippen LogP contribution is 2.10. The van der Waals surface area contributed by atoms with E-state index >= 15 is 0 Å². The molecule has 0 spiro atoms. The van der Waals surface area contributed by atoms with Gasteiger partial charge in [0.25, 0.3) is 0 Å². The lowest BCUT2D eigenvalue weighted by Crippen LogP contribution is -2.53. The van der Waals surface area contributed by atoms with E-state index in [4.69, 9.17) is 5.53 Å². The Hall–Kier alpha value is -1.26. The smallest absolute Gasteiger partial charge is 0.234 e. The molecule has 1 aliphatic heterocycles. The van der Waals surface area contributed by atoms with Crippen molar-refractivity contribution in [3.63, 3.8) is 0 Å². The zero-order valence-electron chi connectivity index (χ0n) is 9.18. The zero-order chi connectivity index (χ0) is 11.3. The van der Waals surface area contributed by atoms with Crippen LogP contribution in [-0.4, -0.2) is 42.5 Å². The van der Waals surface area contributed by atoms with Gasteiger partial charge >= 0.3 is 0 Å². The number of hydrogen-bond acceptors (Lipinski definition) is 3. The molecule has 6 nitrogen and oxygen atoms in total. The van der Waals surface area contributed by atoms with Gasteiger partial charge in [0.2, 0.25) is 5.91 Å². The fraction of sp³-hybridized carbons (Fsp3) is 0.889. The van der Waals surface area contributed by atoms with Crippen LogP contribution < -0.4 is 5.32 Å². The molecule has 1 amide bonds. The van der Waals surface area contributed by atoms with Crippen LogP contribution in [0.3, 0.4) is 0 Å². The van der Waals surface area contributed by atoms with Crippen molar-refractivity contribution < 1.29 is 4.79 Å². The van der Waals surface area contributed by atoms with Gasteiger partial charge in [-0.3, -0.25) is 9.69 Å². The minimum absolute atomic E-state index is 0.0451. The van der Waals surface area contributed by atoms with Crippen LogP contribution in [0.1, 0.15) is 20.3 Å². The van der Waals surface area contributed by atoms with Gasteiger partial charge in [0, 0.05) is 24.0 Å². The second-order valence-electron chi connectivity index (χ2n) is 3.93. The summed E-state index contributed by atoms with van der Waals surface area (Å²) in [7, 11) is 0. The summed E-state index contributed by atoms with van der Waals surface area (Å²) in [6, 6.07) is 0.276. The van der Waals surface area contributed by atoms with Crippen LogP contribution >= 0.6 is 0 Å². The Bertz CT molecular complexity index is 268. The molecule has 15 heavy (non-hydrogen) atoms. The summed E-state index contributed by atoms with van der Waals surface area (Å²) in [5, 5.41) is 6.46. The van der Waals surface area contributed by atoms with Crippen molar-refractivity contribution in [3.8, 4) is 0 Å². The van der Waals surface area contributed by atoms with Gasteiger partial charge in [-0.2, -0.15) is 0 Å². The molecular weight excluding hydrogens is 194 g/mol. The fourth-order valence-corrected chi connectivity index (χ4v) is 1.44. The molecule has 0 saturated carbocycles. The van der Waals surface area contributed by atoms with E-state index in [0.717, 1.165) is 6.42 Å². The van der Waals surface area contributed by atoms with E-state index in [1.54, 1.807) is 0 Å². The van der Waals surface area contributed by atoms with Gasteiger partial charge in [0.15, 0.2) is 0 Å². The number of hydrogen-bond donors (Lipinski definition) is 1. The van der Waals surface area contributed by atoms with E-state index in [1.807, 2.05) is 18.7 Å². The number of likely N-dealkylation sites (tertiary alicyclic amines) is 1. The Balaban J connectivity index is 2.16. The number of rotatable bonds is 5. The standard InChI is InChI=1S/C9H17N5O/c1-3-7(2)11-9(15)6-14-4-8(5-14)12-13-10/h7-8H,3-6H2,1-2H3,(H,11,15)/t7-/m1/s1. The topological polar surface area (TPSA) is 81.1 Å². The molecule has 0 aliphatic carbocycles. The summed E-state index contributed by atoms with van der Waals surface area (Å²) in [5.74, 6) is 0.0451. The molecule has 1 aliphatic rings. The maximum atomic E-state index is 11.4. The predicted molar refractivity (Wildman–Crippen MR) is 57.3 cm³/mol. The first-order valence-electron chi connectivity index (χ1n) is 5.21. The average Bonchev–Trinajstić information content (AvgIpc) is 2.14. The van der Waals surface area contributed by atoms with Crippen LogP contribution in [-0.2, 0) is 4.79 Å². The Morgan fingerprint density at radius 2 is 2.40 bits per heavy atom. The van der Waals surface area contributed by atoms with Crippen molar-refractivity contribution in [1.29, 1.82) is 0 Å². The second-order valence-corrected chi connectivity index (χ2v) is 3.93. The molecule has 0 aromatic rings. The lowest BCUT2D eigenvalue weighted by Gasteiger charge is -2.35. The predicted octanol–water partition coefficient (Wildman–Crippen LogP) is 0.896. The van der Waals surface area contributed by atoms with Crippen molar-refractivity contribution >= 4 is 5.91 Å². The summed E-state index contributed by atoms with van der Waals surface area (Å²) in [5.41, 5.74) is 8.18. The van der Waals surface area contributed by atoms with Crippen LogP contribution in [0.15, 0.2) is 5.11 Å². The third kappa shape index (κ3) is 3.77. The number of amides is 1. The molecule has 1 atom stereocenters. The molecule has 0 bridgehead atoms. The molecule has 1 heterocycles. The van der Waals surface area contributed by atoms with E-state index in [2.05, 4.69) is 15.3 Å². The largest absolute Gasteiger partial charge is 0.353 e. The van der Waals surface area contributed by atoms with E-state index in [0.29, 0.717) is 19.6 Å². The SMILES string of the molecule is CC[C@@H](C)NC(=O)CN1CC(N=[N+]=[N-])C1. The lowest BCUT2D eigenvalue weighted by molar-refractivity contribution is -0.123. The maximum absolute atomic E-state index is 11.4. The van der Waals surface area contributed by atoms with E-state index < -0.39 is 0 Å². The van der Waals surface area contributed by atoms with E-state index in [1.165, 1.54) is 0 Å². The number of nitrogens with one attached hydrogen (secondary N) is 1. The molecule has 1 N–H and O–H groups in total. The van der Waals surface area contributed by atoms with Crippen LogP contribution in [0, 0.1) is 0 Å². The van der Waals surface area contributed by atoms with Gasteiger partial charge in [0.05, 0.1) is 12.6 Å². The first kappa shape index (κ1) is 11.8. The highest BCUT2D eigenvalue weighted by atomic mass is 16.2. The summed E-state index contributed by atoms with van der Waals surface area (Å²) < 4.78 is 0. The molecular formula is C9H17N5O. The van der Waals surface area contributed by atoms with Crippen LogP contribution in [0.2, 0.25) is 0 Å². The summed E-state index contributed by atoms with van der Waals surface area (Å²) in [4.78, 5) is 16.1. The highest BCUT2D eigenvalue weighted by Gasteiger charge is 2.27. The second kappa shape index (κ2) is 5.58. The third-order valence-electron chi connectivity index (χ3n) is 2.54. The Morgan fingerprint density at radius 3 is 2.93 bits per heavy atom. The molecule has 1 saturated heterocycles. The van der Waals surface area contributed by atoms with Crippen molar-refractivity contribution in [2.24, 2.45) is 5.11 Å². The van der Waals surface area contributed by atoms with Crippen molar-refractivity contribution in [2.75, 3.05) is 19.6 Å². The number of nitrogens with zero attached hydrogens (tertiary/aromatic N) is 4. The molecule has 0 radical (unpaired) electrons. The Kier molecular flexibility index (Phi) is 4.39. The molecule has 0 aromatic carbocycles. The fourth-order valence-electron chi connectivity index (χ4n) is 1.44. The van der Waals surface area contributed by atoms with Crippen LogP contribution in [0.25, 0.3) is 10.4 Å². The first-order chi connectivity index (χ1) is 7.15. The summed E-state index contributed by atoms with van der Waals surface area (Å²) in [6.45, 7) is 5.81. The number of carbonyl (C=O) groups excluding carboxylic acids is 1. The molecule has 84 valence electrons. The first-order valence-corrected chi connectivity index (χ1v) is 5.21. The number of azide groups is 1. The molecule has 0 aromatic heterocycles. The Morgan fingerprint density at radius 1 is 1.73 bits per heavy atom. The molecule has 6 heteroatoms. The van der Waals surface area contributed by atoms with Crippen molar-refractivity contribution in [2.45, 2.75) is 32.4 Å². The van der Waals surface area contributed by atoms with Crippen LogP contribution in [0.5, 0.6) is 0 Å². The van der Waals surface area contributed by atoms with E-state index in [-0.39, 0.29) is 18.0 Å². The van der Waals surface area contributed by atoms with Crippen LogP contribution in [0.4, 0.5) is 0 Å². The maximum Gasteiger partial charge on any atom is 0.234 e. The summed E-state index contributed by atoms with van der Waals surface area (Å²) in [6.07, 6.45) is 0.938. The normalized spacial score (nSPS) is 18.8. The zero-order valence-corrected chi connectivity index (χ0v) is 9.18. The lowest BCUT2D eigenvalue weighted by atomic mass is 10.1. The van der Waals surface area contributed by atoms with Gasteiger partial charge in [-0.05, 0) is 18.9 Å². The van der Waals surface area contributed by atoms with Gasteiger partial charge < -0.3 is 5.32 Å². The third-order valence-corrected chi connectivity index (χ3v) is 2.54. The molecule has 1 fully saturated rings.